The maximum absolute atomic E-state index is 14.5. The molecule has 2 fully saturated rings. The van der Waals surface area contributed by atoms with E-state index in [0.29, 0.717) is 17.3 Å². The van der Waals surface area contributed by atoms with E-state index < -0.39 is 5.82 Å². The van der Waals surface area contributed by atoms with Crippen molar-refractivity contribution >= 4 is 23.8 Å². The fourth-order valence-electron chi connectivity index (χ4n) is 5.00. The molecule has 1 aromatic heterocycles. The monoisotopic (exact) mass is 630 g/mol. The molecule has 3 heterocycles. The lowest BCUT2D eigenvalue weighted by molar-refractivity contribution is -0.117. The van der Waals surface area contributed by atoms with Crippen LogP contribution in [0.4, 0.5) is 16.0 Å². The number of rotatable bonds is 8. The summed E-state index contributed by atoms with van der Waals surface area (Å²) in [5.41, 5.74) is 6.81. The van der Waals surface area contributed by atoms with Crippen molar-refractivity contribution in [2.45, 2.75) is 39.2 Å². The van der Waals surface area contributed by atoms with E-state index in [1.54, 1.807) is 30.1 Å². The van der Waals surface area contributed by atoms with Crippen molar-refractivity contribution in [3.05, 3.63) is 83.5 Å². The Morgan fingerprint density at radius 1 is 1.11 bits per heavy atom. The second-order valence-electron chi connectivity index (χ2n) is 11.2. The Bertz CT molecular complexity index is 1510. The van der Waals surface area contributed by atoms with E-state index in [1.807, 2.05) is 31.2 Å². The normalized spacial score (nSPS) is 15.0. The second-order valence-corrected chi connectivity index (χ2v) is 11.2. The first-order valence-corrected chi connectivity index (χ1v) is 15.1. The molecule has 0 radical (unpaired) electrons. The number of aromatic nitrogens is 2. The van der Waals surface area contributed by atoms with Gasteiger partial charge in [-0.15, -0.1) is 0 Å². The van der Waals surface area contributed by atoms with Crippen molar-refractivity contribution in [1.82, 2.24) is 19.8 Å². The number of hydrogen-bond acceptors (Lipinski definition) is 10. The molecule has 46 heavy (non-hydrogen) atoms. The van der Waals surface area contributed by atoms with E-state index in [0.717, 1.165) is 51.4 Å². The maximum Gasteiger partial charge on any atom is 0.209 e. The lowest BCUT2D eigenvalue weighted by atomic mass is 9.99. The SMILES string of the molecule is C/C(C#N)=C/C(C)(C)N1CCOCC1.CNc1ncnc(N)c1C(=N)c1ccc(Oc2ccccc2)cc1F.O=CN1CCCC1. The number of para-hydroxylation sites is 1. The van der Waals surface area contributed by atoms with Gasteiger partial charge in [-0.2, -0.15) is 5.26 Å². The number of likely N-dealkylation sites (tertiary alicyclic amines) is 1. The van der Waals surface area contributed by atoms with Crippen LogP contribution in [0.15, 0.2) is 66.5 Å². The molecule has 1 amide bonds. The average molecular weight is 631 g/mol. The van der Waals surface area contributed by atoms with E-state index in [2.05, 4.69) is 40.1 Å². The van der Waals surface area contributed by atoms with Crippen molar-refractivity contribution in [1.29, 1.82) is 10.7 Å². The Balaban J connectivity index is 0.000000228. The number of anilines is 2. The molecule has 2 aliphatic rings. The van der Waals surface area contributed by atoms with Crippen LogP contribution in [0.3, 0.4) is 0 Å². The van der Waals surface area contributed by atoms with E-state index in [9.17, 15) is 9.18 Å². The van der Waals surface area contributed by atoms with Crippen molar-refractivity contribution in [2.75, 3.05) is 57.5 Å². The van der Waals surface area contributed by atoms with Gasteiger partial charge in [0, 0.05) is 56.0 Å². The summed E-state index contributed by atoms with van der Waals surface area (Å²) >= 11 is 0. The Morgan fingerprint density at radius 2 is 1.78 bits per heavy atom. The quantitative estimate of drug-likeness (QED) is 0.172. The molecule has 0 bridgehead atoms. The number of hydrogen-bond donors (Lipinski definition) is 3. The van der Waals surface area contributed by atoms with Crippen molar-refractivity contribution in [2.24, 2.45) is 0 Å². The molecular weight excluding hydrogens is 587 g/mol. The van der Waals surface area contributed by atoms with Crippen LogP contribution >= 0.6 is 0 Å². The number of morpholine rings is 1. The molecule has 2 saturated heterocycles. The molecule has 0 aliphatic carbocycles. The molecule has 2 aliphatic heterocycles. The first kappa shape index (κ1) is 35.6. The number of carbonyl (C=O) groups excluding carboxylic acids is 1. The molecule has 5 rings (SSSR count). The number of nitriles is 1. The lowest BCUT2D eigenvalue weighted by Crippen LogP contribution is -2.48. The lowest BCUT2D eigenvalue weighted by Gasteiger charge is -2.39. The third-order valence-electron chi connectivity index (χ3n) is 7.41. The largest absolute Gasteiger partial charge is 0.457 e. The van der Waals surface area contributed by atoms with Crippen LogP contribution in [0.1, 0.15) is 44.7 Å². The number of nitrogens with one attached hydrogen (secondary N) is 2. The van der Waals surface area contributed by atoms with Crippen LogP contribution in [0.5, 0.6) is 11.5 Å². The van der Waals surface area contributed by atoms with Gasteiger partial charge in [0.2, 0.25) is 6.41 Å². The third kappa shape index (κ3) is 10.4. The summed E-state index contributed by atoms with van der Waals surface area (Å²) in [4.78, 5) is 22.0. The topological polar surface area (TPSA) is 153 Å². The second kappa shape index (κ2) is 17.6. The molecule has 2 aromatic carbocycles. The Hall–Kier alpha value is -4.86. The van der Waals surface area contributed by atoms with E-state index in [1.165, 1.54) is 31.3 Å². The van der Waals surface area contributed by atoms with Crippen LogP contribution < -0.4 is 15.8 Å². The first-order chi connectivity index (χ1) is 22.1. The molecule has 0 saturated carbocycles. The number of halogens is 1. The number of nitrogens with two attached hydrogens (primary N) is 1. The minimum atomic E-state index is -0.594. The molecule has 244 valence electrons. The minimum absolute atomic E-state index is 0.0381. The Morgan fingerprint density at radius 3 is 2.35 bits per heavy atom. The molecule has 12 heteroatoms. The number of amides is 1. The number of carbonyl (C=O) groups is 1. The molecule has 4 N–H and O–H groups in total. The fraction of sp³-hybridized carbons (Fsp3) is 0.382. The van der Waals surface area contributed by atoms with Crippen LogP contribution in [0, 0.1) is 22.6 Å². The first-order valence-electron chi connectivity index (χ1n) is 15.1. The zero-order chi connectivity index (χ0) is 33.5. The molecule has 11 nitrogen and oxygen atoms in total. The molecule has 0 atom stereocenters. The predicted molar refractivity (Wildman–Crippen MR) is 178 cm³/mol. The highest BCUT2D eigenvalue weighted by Gasteiger charge is 2.26. The number of benzene rings is 2. The van der Waals surface area contributed by atoms with Gasteiger partial charge in [-0.05, 0) is 57.9 Å². The van der Waals surface area contributed by atoms with Crippen LogP contribution in [0.2, 0.25) is 0 Å². The third-order valence-corrected chi connectivity index (χ3v) is 7.41. The summed E-state index contributed by atoms with van der Waals surface area (Å²) in [5.74, 6) is 0.813. The van der Waals surface area contributed by atoms with Gasteiger partial charge in [-0.25, -0.2) is 14.4 Å². The molecule has 3 aromatic rings. The van der Waals surface area contributed by atoms with Crippen LogP contribution in [-0.4, -0.2) is 83.9 Å². The standard InChI is InChI=1S/C18H16FN5O.C11H18N2O.C5H9NO/c1-22-18-15(17(21)23-10-24-18)16(20)13-8-7-12(9-14(13)19)25-11-5-3-2-4-6-11;1-10(9-12)8-11(2,3)13-4-6-14-7-5-13;7-5-6-3-1-2-4-6/h2-10,20H,1H3,(H3,21,22,23,24);8H,4-7H2,1-3H3;5H,1-4H2/b;10-8-;. The highest BCUT2D eigenvalue weighted by molar-refractivity contribution is 6.16. The summed E-state index contributed by atoms with van der Waals surface area (Å²) in [6.45, 7) is 11.6. The summed E-state index contributed by atoms with van der Waals surface area (Å²) in [6.07, 6.45) is 6.62. The smallest absolute Gasteiger partial charge is 0.209 e. The van der Waals surface area contributed by atoms with E-state index >= 15 is 0 Å². The van der Waals surface area contributed by atoms with Gasteiger partial charge in [0.1, 0.15) is 35.3 Å². The van der Waals surface area contributed by atoms with Gasteiger partial charge >= 0.3 is 0 Å². The number of nitrogens with zero attached hydrogens (tertiary/aromatic N) is 5. The number of ether oxygens (including phenoxy) is 2. The minimum Gasteiger partial charge on any atom is -0.457 e. The van der Waals surface area contributed by atoms with E-state index in [4.69, 9.17) is 25.9 Å². The van der Waals surface area contributed by atoms with Gasteiger partial charge in [0.05, 0.1) is 30.6 Å². The fourth-order valence-corrected chi connectivity index (χ4v) is 5.00. The molecule has 0 unspecified atom stereocenters. The van der Waals surface area contributed by atoms with Crippen LogP contribution in [-0.2, 0) is 9.53 Å². The highest BCUT2D eigenvalue weighted by atomic mass is 19.1. The summed E-state index contributed by atoms with van der Waals surface area (Å²) in [6, 6.07) is 15.5. The van der Waals surface area contributed by atoms with Crippen molar-refractivity contribution in [3.8, 4) is 17.6 Å². The van der Waals surface area contributed by atoms with Gasteiger partial charge < -0.3 is 25.4 Å². The Labute approximate surface area is 270 Å². The van der Waals surface area contributed by atoms with E-state index in [-0.39, 0.29) is 28.2 Å². The number of nitrogen functional groups attached to an aromatic ring is 1. The average Bonchev–Trinajstić information content (AvgIpc) is 3.60. The summed E-state index contributed by atoms with van der Waals surface area (Å²) < 4.78 is 25.4. The van der Waals surface area contributed by atoms with Crippen LogP contribution in [0.25, 0.3) is 0 Å². The van der Waals surface area contributed by atoms with Crippen molar-refractivity contribution < 1.29 is 18.7 Å². The predicted octanol–water partition coefficient (Wildman–Crippen LogP) is 5.25. The zero-order valence-electron chi connectivity index (χ0n) is 26.9. The maximum atomic E-state index is 14.5. The zero-order valence-corrected chi connectivity index (χ0v) is 26.9. The van der Waals surface area contributed by atoms with Gasteiger partial charge in [0.15, 0.2) is 0 Å². The highest BCUT2D eigenvalue weighted by Crippen LogP contribution is 2.27. The summed E-state index contributed by atoms with van der Waals surface area (Å²) in [5, 5.41) is 19.9. The van der Waals surface area contributed by atoms with Crippen molar-refractivity contribution in [3.63, 3.8) is 0 Å². The molecule has 0 spiro atoms. The van der Waals surface area contributed by atoms with Gasteiger partial charge in [-0.1, -0.05) is 24.3 Å². The van der Waals surface area contributed by atoms with Gasteiger partial charge in [-0.3, -0.25) is 15.1 Å². The number of allylic oxidation sites excluding steroid dienone is 1. The van der Waals surface area contributed by atoms with Gasteiger partial charge in [0.25, 0.3) is 0 Å². The summed E-state index contributed by atoms with van der Waals surface area (Å²) in [7, 11) is 1.64. The molecular formula is C34H43FN8O3. The Kier molecular flexibility index (Phi) is 13.6.